The molecule has 0 bridgehead atoms. The smallest absolute Gasteiger partial charge is 0.0366 e. The van der Waals surface area contributed by atoms with Gasteiger partial charge in [0.2, 0.25) is 0 Å². The minimum atomic E-state index is 0.558. The Hall–Kier alpha value is -1.41. The van der Waals surface area contributed by atoms with Gasteiger partial charge >= 0.3 is 0 Å². The van der Waals surface area contributed by atoms with E-state index in [4.69, 9.17) is 0 Å². The van der Waals surface area contributed by atoms with Gasteiger partial charge in [0, 0.05) is 25.0 Å². The fourth-order valence-electron chi connectivity index (χ4n) is 3.87. The molecule has 1 aliphatic carbocycles. The van der Waals surface area contributed by atoms with Gasteiger partial charge in [0.05, 0.1) is 0 Å². The Morgan fingerprint density at radius 2 is 2.27 bits per heavy atom. The Morgan fingerprint density at radius 3 is 2.95 bits per heavy atom. The molecule has 118 valence electrons. The summed E-state index contributed by atoms with van der Waals surface area (Å²) < 4.78 is 0. The highest BCUT2D eigenvalue weighted by Crippen LogP contribution is 2.34. The van der Waals surface area contributed by atoms with Crippen LogP contribution in [0.25, 0.3) is 0 Å². The fourth-order valence-corrected chi connectivity index (χ4v) is 3.87. The molecule has 0 saturated carbocycles. The summed E-state index contributed by atoms with van der Waals surface area (Å²) in [7, 11) is 0. The number of pyridine rings is 1. The zero-order valence-electron chi connectivity index (χ0n) is 13.8. The topological polar surface area (TPSA) is 16.1 Å². The molecular weight excluding hydrogens is 268 g/mol. The molecule has 0 aromatic carbocycles. The number of aromatic nitrogens is 1. The molecule has 2 aliphatic rings. The van der Waals surface area contributed by atoms with E-state index >= 15 is 0 Å². The maximum Gasteiger partial charge on any atom is 0.0366 e. The van der Waals surface area contributed by atoms with E-state index in [0.717, 1.165) is 6.54 Å². The maximum absolute atomic E-state index is 4.32. The molecule has 1 aromatic rings. The summed E-state index contributed by atoms with van der Waals surface area (Å²) in [4.78, 5) is 6.99. The van der Waals surface area contributed by atoms with E-state index in [-0.39, 0.29) is 0 Å². The molecule has 2 unspecified atom stereocenters. The molecule has 1 fully saturated rings. The lowest BCUT2D eigenvalue weighted by Crippen LogP contribution is -2.35. The second-order valence-corrected chi connectivity index (χ2v) is 6.95. The van der Waals surface area contributed by atoms with Crippen molar-refractivity contribution >= 4 is 0 Å². The Labute approximate surface area is 134 Å². The average molecular weight is 296 g/mol. The van der Waals surface area contributed by atoms with Gasteiger partial charge in [-0.2, -0.15) is 0 Å². The van der Waals surface area contributed by atoms with E-state index in [1.165, 1.54) is 56.2 Å². The Kier molecular flexibility index (Phi) is 5.09. The highest BCUT2D eigenvalue weighted by Gasteiger charge is 2.25. The van der Waals surface area contributed by atoms with Gasteiger partial charge in [0.15, 0.2) is 0 Å². The number of piperidine rings is 1. The van der Waals surface area contributed by atoms with Crippen LogP contribution in [0.3, 0.4) is 0 Å². The van der Waals surface area contributed by atoms with E-state index in [2.05, 4.69) is 47.8 Å². The Bertz CT molecular complexity index is 532. The van der Waals surface area contributed by atoms with Crippen LogP contribution >= 0.6 is 0 Å². The van der Waals surface area contributed by atoms with E-state index in [1.807, 2.05) is 6.20 Å². The molecule has 2 nitrogen and oxygen atoms in total. The summed E-state index contributed by atoms with van der Waals surface area (Å²) in [5.74, 6) is 0.708. The molecule has 1 saturated heterocycles. The van der Waals surface area contributed by atoms with Crippen LogP contribution in [0.1, 0.15) is 57.1 Å². The van der Waals surface area contributed by atoms with Crippen LogP contribution in [-0.2, 0) is 0 Å². The van der Waals surface area contributed by atoms with Crippen LogP contribution in [0.4, 0.5) is 0 Å². The second kappa shape index (κ2) is 7.23. The monoisotopic (exact) mass is 296 g/mol. The van der Waals surface area contributed by atoms with Crippen molar-refractivity contribution in [2.45, 2.75) is 51.5 Å². The van der Waals surface area contributed by atoms with Crippen molar-refractivity contribution in [1.29, 1.82) is 0 Å². The van der Waals surface area contributed by atoms with Crippen molar-refractivity contribution < 1.29 is 0 Å². The van der Waals surface area contributed by atoms with Gasteiger partial charge in [0.1, 0.15) is 0 Å². The number of rotatable bonds is 4. The molecule has 2 heterocycles. The van der Waals surface area contributed by atoms with Gasteiger partial charge in [0.25, 0.3) is 0 Å². The summed E-state index contributed by atoms with van der Waals surface area (Å²) >= 11 is 0. The van der Waals surface area contributed by atoms with Crippen molar-refractivity contribution in [3.05, 3.63) is 53.9 Å². The van der Waals surface area contributed by atoms with Gasteiger partial charge in [-0.1, -0.05) is 36.3 Å². The molecule has 22 heavy (non-hydrogen) atoms. The summed E-state index contributed by atoms with van der Waals surface area (Å²) in [5.41, 5.74) is 4.37. The number of likely N-dealkylation sites (tertiary alicyclic amines) is 1. The lowest BCUT2D eigenvalue weighted by Gasteiger charge is -2.37. The highest BCUT2D eigenvalue weighted by atomic mass is 15.2. The molecule has 0 amide bonds. The van der Waals surface area contributed by atoms with Crippen LogP contribution in [-0.4, -0.2) is 23.0 Å². The van der Waals surface area contributed by atoms with E-state index in [0.29, 0.717) is 12.0 Å². The average Bonchev–Trinajstić information content (AvgIpc) is 2.57. The predicted molar refractivity (Wildman–Crippen MR) is 92.6 cm³/mol. The number of allylic oxidation sites excluding steroid dienone is 2. The first kappa shape index (κ1) is 15.5. The van der Waals surface area contributed by atoms with Gasteiger partial charge < -0.3 is 0 Å². The zero-order valence-corrected chi connectivity index (χ0v) is 13.8. The third kappa shape index (κ3) is 3.67. The van der Waals surface area contributed by atoms with Crippen molar-refractivity contribution in [2.24, 2.45) is 5.92 Å². The van der Waals surface area contributed by atoms with Crippen LogP contribution in [0.2, 0.25) is 0 Å². The van der Waals surface area contributed by atoms with Crippen LogP contribution in [0, 0.1) is 5.92 Å². The molecule has 0 radical (unpaired) electrons. The number of hydrogen-bond acceptors (Lipinski definition) is 2. The van der Waals surface area contributed by atoms with Gasteiger partial charge in [-0.05, 0) is 63.1 Å². The number of nitrogens with zero attached hydrogens (tertiary/aromatic N) is 2. The minimum absolute atomic E-state index is 0.558. The van der Waals surface area contributed by atoms with E-state index in [9.17, 15) is 0 Å². The molecule has 1 aliphatic heterocycles. The van der Waals surface area contributed by atoms with Gasteiger partial charge in [-0.3, -0.25) is 9.88 Å². The molecule has 3 rings (SSSR count). The van der Waals surface area contributed by atoms with Crippen LogP contribution in [0.15, 0.2) is 48.3 Å². The third-order valence-corrected chi connectivity index (χ3v) is 5.29. The first-order valence-corrected chi connectivity index (χ1v) is 8.71. The molecule has 2 atom stereocenters. The first-order valence-electron chi connectivity index (χ1n) is 8.71. The molecule has 0 spiro atoms. The summed E-state index contributed by atoms with van der Waals surface area (Å²) in [5, 5.41) is 0. The largest absolute Gasteiger partial charge is 0.292 e. The normalized spacial score (nSPS) is 26.5. The summed E-state index contributed by atoms with van der Waals surface area (Å²) in [6.45, 7) is 8.66. The van der Waals surface area contributed by atoms with Crippen LogP contribution in [0.5, 0.6) is 0 Å². The molecule has 2 heteroatoms. The van der Waals surface area contributed by atoms with E-state index < -0.39 is 0 Å². The maximum atomic E-state index is 4.32. The van der Waals surface area contributed by atoms with Crippen molar-refractivity contribution in [3.63, 3.8) is 0 Å². The minimum Gasteiger partial charge on any atom is -0.292 e. The first-order chi connectivity index (χ1) is 10.7. The third-order valence-electron chi connectivity index (χ3n) is 5.29. The Balaban J connectivity index is 1.66. The number of hydrogen-bond donors (Lipinski definition) is 0. The lowest BCUT2D eigenvalue weighted by molar-refractivity contribution is 0.159. The SMILES string of the molecule is C=C(C)C1CC=C(CN2CCCCC2c2cccnc2)CC1. The summed E-state index contributed by atoms with van der Waals surface area (Å²) in [6, 6.07) is 4.86. The fraction of sp³-hybridized carbons (Fsp3) is 0.550. The van der Waals surface area contributed by atoms with Crippen LogP contribution < -0.4 is 0 Å². The van der Waals surface area contributed by atoms with Crippen molar-refractivity contribution in [2.75, 3.05) is 13.1 Å². The standard InChI is InChI=1S/C20H28N2/c1-16(2)18-10-8-17(9-11-18)15-22-13-4-3-7-20(22)19-6-5-12-21-14-19/h5-6,8,12,14,18,20H,1,3-4,7,9-11,13,15H2,2H3. The quantitative estimate of drug-likeness (QED) is 0.734. The molecular formula is C20H28N2. The van der Waals surface area contributed by atoms with Crippen molar-refractivity contribution in [1.82, 2.24) is 9.88 Å². The van der Waals surface area contributed by atoms with E-state index in [1.54, 1.807) is 5.57 Å². The van der Waals surface area contributed by atoms with Gasteiger partial charge in [-0.15, -0.1) is 0 Å². The lowest BCUT2D eigenvalue weighted by atomic mass is 9.85. The summed E-state index contributed by atoms with van der Waals surface area (Å²) in [6.07, 6.45) is 14.1. The van der Waals surface area contributed by atoms with Gasteiger partial charge in [-0.25, -0.2) is 0 Å². The molecule has 0 N–H and O–H groups in total. The predicted octanol–water partition coefficient (Wildman–Crippen LogP) is 4.91. The Morgan fingerprint density at radius 1 is 1.36 bits per heavy atom. The highest BCUT2D eigenvalue weighted by molar-refractivity contribution is 5.18. The molecule has 1 aromatic heterocycles. The zero-order chi connectivity index (χ0) is 15.4. The van der Waals surface area contributed by atoms with Crippen molar-refractivity contribution in [3.8, 4) is 0 Å². The second-order valence-electron chi connectivity index (χ2n) is 6.95.